The Morgan fingerprint density at radius 1 is 0.929 bits per heavy atom. The summed E-state index contributed by atoms with van der Waals surface area (Å²) in [7, 11) is -2.78. The predicted octanol–water partition coefficient (Wildman–Crippen LogP) is 7.50. The van der Waals surface area contributed by atoms with Gasteiger partial charge >= 0.3 is 5.97 Å². The topological polar surface area (TPSA) is 99.6 Å². The Balaban J connectivity index is 1.39. The molecule has 0 aliphatic heterocycles. The van der Waals surface area contributed by atoms with E-state index in [-0.39, 0.29) is 11.3 Å². The lowest BCUT2D eigenvalue weighted by Gasteiger charge is -2.24. The van der Waals surface area contributed by atoms with Gasteiger partial charge in [0, 0.05) is 23.3 Å². The van der Waals surface area contributed by atoms with Gasteiger partial charge in [-0.3, -0.25) is 4.79 Å². The van der Waals surface area contributed by atoms with Crippen molar-refractivity contribution in [3.05, 3.63) is 119 Å². The third kappa shape index (κ3) is 6.55. The van der Waals surface area contributed by atoms with Crippen molar-refractivity contribution in [2.24, 2.45) is 0 Å². The van der Waals surface area contributed by atoms with Gasteiger partial charge in [-0.2, -0.15) is 4.31 Å². The average Bonchev–Trinajstić information content (AvgIpc) is 3.40. The number of likely N-dealkylation sites (N-methyl/N-ethyl adjacent to an activating group) is 1. The molecule has 5 aromatic rings. The Bertz CT molecular complexity index is 1730. The van der Waals surface area contributed by atoms with Crippen molar-refractivity contribution in [3.63, 3.8) is 0 Å². The Hall–Kier alpha value is -4.02. The van der Waals surface area contributed by atoms with Crippen LogP contribution < -0.4 is 5.32 Å². The van der Waals surface area contributed by atoms with Crippen molar-refractivity contribution in [1.29, 1.82) is 0 Å². The molecule has 4 aromatic carbocycles. The first-order valence-electron chi connectivity index (χ1n) is 13.1. The van der Waals surface area contributed by atoms with Gasteiger partial charge in [-0.1, -0.05) is 95.2 Å². The summed E-state index contributed by atoms with van der Waals surface area (Å²) in [4.78, 5) is 17.9. The highest BCUT2D eigenvalue weighted by Gasteiger charge is 2.33. The summed E-state index contributed by atoms with van der Waals surface area (Å²) in [6.07, 6.45) is 0.0505. The normalized spacial score (nSPS) is 12.3. The number of hydrogen-bond acceptors (Lipinski definition) is 6. The number of halogens is 1. The highest BCUT2D eigenvalue weighted by molar-refractivity contribution is 7.89. The lowest BCUT2D eigenvalue weighted by Crippen LogP contribution is -2.43. The van der Waals surface area contributed by atoms with E-state index in [0.29, 0.717) is 15.8 Å². The first-order valence-corrected chi connectivity index (χ1v) is 15.7. The highest BCUT2D eigenvalue weighted by Crippen LogP contribution is 2.40. The van der Waals surface area contributed by atoms with Crippen molar-refractivity contribution >= 4 is 49.7 Å². The second kappa shape index (κ2) is 12.5. The fourth-order valence-electron chi connectivity index (χ4n) is 4.45. The number of hydrogen-bond donors (Lipinski definition) is 2. The molecule has 0 bridgehead atoms. The number of aromatic nitrogens is 1. The monoisotopic (exact) mass is 617 g/mol. The summed E-state index contributed by atoms with van der Waals surface area (Å²) in [6.45, 7) is 2.04. The van der Waals surface area contributed by atoms with Crippen molar-refractivity contribution in [2.75, 3.05) is 12.4 Å². The molecule has 0 saturated heterocycles. The number of anilines is 2. The van der Waals surface area contributed by atoms with E-state index in [1.165, 1.54) is 30.5 Å². The Labute approximate surface area is 254 Å². The van der Waals surface area contributed by atoms with E-state index >= 15 is 0 Å². The van der Waals surface area contributed by atoms with Crippen LogP contribution in [0.4, 0.5) is 10.8 Å². The SMILES string of the molecule is Cc1ccc(-c2sc(Nc3ccc(S(=O)(=O)N(C)[C@@H](Cc4ccccc4)C(=O)O)cc3)nc2-c2ccc(Cl)cc2)cc1. The zero-order chi connectivity index (χ0) is 29.9. The van der Waals surface area contributed by atoms with E-state index in [0.717, 1.165) is 37.1 Å². The lowest BCUT2D eigenvalue weighted by molar-refractivity contribution is -0.141. The quantitative estimate of drug-likeness (QED) is 0.168. The summed E-state index contributed by atoms with van der Waals surface area (Å²) >= 11 is 7.60. The molecular weight excluding hydrogens is 590 g/mol. The van der Waals surface area contributed by atoms with Gasteiger partial charge < -0.3 is 10.4 Å². The lowest BCUT2D eigenvalue weighted by atomic mass is 10.1. The number of thiazole rings is 1. The van der Waals surface area contributed by atoms with Crippen LogP contribution in [0.5, 0.6) is 0 Å². The number of nitrogens with zero attached hydrogens (tertiary/aromatic N) is 2. The molecule has 2 N–H and O–H groups in total. The molecule has 0 aliphatic carbocycles. The zero-order valence-electron chi connectivity index (χ0n) is 22.9. The smallest absolute Gasteiger partial charge is 0.322 e. The second-order valence-corrected chi connectivity index (χ2v) is 13.2. The largest absolute Gasteiger partial charge is 0.480 e. The number of nitrogens with one attached hydrogen (secondary N) is 1. The number of carboxylic acid groups (broad SMARTS) is 1. The minimum atomic E-state index is -4.07. The van der Waals surface area contributed by atoms with Crippen molar-refractivity contribution in [3.8, 4) is 21.7 Å². The summed E-state index contributed by atoms with van der Waals surface area (Å²) in [5.74, 6) is -1.21. The minimum Gasteiger partial charge on any atom is -0.480 e. The van der Waals surface area contributed by atoms with E-state index in [1.807, 2.05) is 37.3 Å². The average molecular weight is 618 g/mol. The van der Waals surface area contributed by atoms with Crippen LogP contribution >= 0.6 is 22.9 Å². The number of carboxylic acids is 1. The maximum atomic E-state index is 13.4. The Kier molecular flexibility index (Phi) is 8.74. The maximum Gasteiger partial charge on any atom is 0.322 e. The summed E-state index contributed by atoms with van der Waals surface area (Å²) in [5, 5.41) is 14.4. The predicted molar refractivity (Wildman–Crippen MR) is 169 cm³/mol. The molecule has 5 rings (SSSR count). The molecular formula is C32H28ClN3O4S2. The zero-order valence-corrected chi connectivity index (χ0v) is 25.2. The van der Waals surface area contributed by atoms with Gasteiger partial charge in [0.15, 0.2) is 5.13 Å². The number of sulfonamides is 1. The summed E-state index contributed by atoms with van der Waals surface area (Å²) < 4.78 is 27.7. The molecule has 42 heavy (non-hydrogen) atoms. The fourth-order valence-corrected chi connectivity index (χ4v) is 6.91. The number of aryl methyl sites for hydroxylation is 1. The van der Waals surface area contributed by atoms with Crippen LogP contribution in [0.25, 0.3) is 21.7 Å². The Morgan fingerprint density at radius 2 is 1.55 bits per heavy atom. The molecule has 0 unspecified atom stereocenters. The molecule has 214 valence electrons. The standard InChI is InChI=1S/C32H28ClN3O4S2/c1-21-8-10-24(11-9-21)30-29(23-12-14-25(33)15-13-23)35-32(41-30)34-26-16-18-27(19-17-26)42(39,40)36(2)28(31(37)38)20-22-6-4-3-5-7-22/h3-19,28H,20H2,1-2H3,(H,34,35)(H,37,38)/t28-/m0/s1. The first kappa shape index (κ1) is 29.5. The first-order chi connectivity index (χ1) is 20.1. The van der Waals surface area contributed by atoms with E-state index in [2.05, 4.69) is 29.6 Å². The van der Waals surface area contributed by atoms with Crippen LogP contribution in [0.15, 0.2) is 108 Å². The van der Waals surface area contributed by atoms with Crippen LogP contribution in [0.2, 0.25) is 5.02 Å². The third-order valence-corrected chi connectivity index (χ3v) is 9.99. The number of carbonyl (C=O) groups is 1. The van der Waals surface area contributed by atoms with Crippen molar-refractivity contribution in [2.45, 2.75) is 24.3 Å². The van der Waals surface area contributed by atoms with Crippen molar-refractivity contribution < 1.29 is 18.3 Å². The fraction of sp³-hybridized carbons (Fsp3) is 0.125. The molecule has 0 aliphatic rings. The molecule has 0 radical (unpaired) electrons. The second-order valence-electron chi connectivity index (χ2n) is 9.78. The van der Waals surface area contributed by atoms with Crippen LogP contribution in [0, 0.1) is 6.92 Å². The van der Waals surface area contributed by atoms with Gasteiger partial charge in [0.25, 0.3) is 0 Å². The van der Waals surface area contributed by atoms with Gasteiger partial charge in [-0.05, 0) is 60.9 Å². The van der Waals surface area contributed by atoms with E-state index < -0.39 is 22.0 Å². The minimum absolute atomic E-state index is 0.00352. The van der Waals surface area contributed by atoms with E-state index in [4.69, 9.17) is 16.6 Å². The number of rotatable bonds is 10. The van der Waals surface area contributed by atoms with Crippen LogP contribution in [0.1, 0.15) is 11.1 Å². The molecule has 0 spiro atoms. The summed E-state index contributed by atoms with van der Waals surface area (Å²) in [5.41, 5.74) is 5.30. The van der Waals surface area contributed by atoms with E-state index in [1.54, 1.807) is 36.4 Å². The third-order valence-electron chi connectivity index (χ3n) is 6.84. The van der Waals surface area contributed by atoms with Gasteiger partial charge in [0.2, 0.25) is 10.0 Å². The van der Waals surface area contributed by atoms with Crippen LogP contribution in [-0.2, 0) is 21.2 Å². The molecule has 7 nitrogen and oxygen atoms in total. The van der Waals surface area contributed by atoms with Crippen molar-refractivity contribution in [1.82, 2.24) is 9.29 Å². The van der Waals surface area contributed by atoms with Gasteiger partial charge in [-0.15, -0.1) is 0 Å². The van der Waals surface area contributed by atoms with Gasteiger partial charge in [0.1, 0.15) is 6.04 Å². The van der Waals surface area contributed by atoms with Gasteiger partial charge in [0.05, 0.1) is 15.5 Å². The Morgan fingerprint density at radius 3 is 2.17 bits per heavy atom. The van der Waals surface area contributed by atoms with Gasteiger partial charge in [-0.25, -0.2) is 13.4 Å². The maximum absolute atomic E-state index is 13.4. The van der Waals surface area contributed by atoms with Crippen LogP contribution in [0.3, 0.4) is 0 Å². The van der Waals surface area contributed by atoms with E-state index in [9.17, 15) is 18.3 Å². The van der Waals surface area contributed by atoms with Crippen LogP contribution in [-0.4, -0.2) is 41.9 Å². The number of benzene rings is 4. The molecule has 0 saturated carbocycles. The molecule has 0 amide bonds. The number of aliphatic carboxylic acids is 1. The molecule has 10 heteroatoms. The summed E-state index contributed by atoms with van der Waals surface area (Å²) in [6, 6.07) is 29.6. The molecule has 1 atom stereocenters. The molecule has 1 heterocycles. The highest BCUT2D eigenvalue weighted by atomic mass is 35.5. The molecule has 0 fully saturated rings. The molecule has 1 aromatic heterocycles.